The summed E-state index contributed by atoms with van der Waals surface area (Å²) in [6.45, 7) is 3.31. The van der Waals surface area contributed by atoms with Crippen molar-refractivity contribution in [2.75, 3.05) is 19.0 Å². The highest BCUT2D eigenvalue weighted by molar-refractivity contribution is 5.47. The minimum absolute atomic E-state index is 0.175. The van der Waals surface area contributed by atoms with Crippen LogP contribution >= 0.6 is 0 Å². The van der Waals surface area contributed by atoms with Gasteiger partial charge in [-0.05, 0) is 12.0 Å². The normalized spacial score (nSPS) is 10.9. The zero-order chi connectivity index (χ0) is 12.1. The molecule has 0 spiro atoms. The Hall–Kier alpha value is -1.39. The summed E-state index contributed by atoms with van der Waals surface area (Å²) < 4.78 is 29.0. The summed E-state index contributed by atoms with van der Waals surface area (Å²) in [5.41, 5.74) is 1.67. The van der Waals surface area contributed by atoms with E-state index in [1.807, 2.05) is 19.9 Å². The standard InChI is InChI=1S/C11H16F2N2O/c1-7(2)9-4-8(14-3)5-15-11(9)16-6-10(12)13/h4-5,7,10,14H,6H2,1-3H3. The molecule has 1 aromatic rings. The molecule has 0 aliphatic carbocycles. The highest BCUT2D eigenvalue weighted by atomic mass is 19.3. The summed E-state index contributed by atoms with van der Waals surface area (Å²) in [6.07, 6.45) is -0.919. The molecular formula is C11H16F2N2O. The zero-order valence-corrected chi connectivity index (χ0v) is 9.63. The number of pyridine rings is 1. The molecule has 90 valence electrons. The van der Waals surface area contributed by atoms with Gasteiger partial charge in [-0.2, -0.15) is 0 Å². The lowest BCUT2D eigenvalue weighted by Gasteiger charge is -2.14. The second kappa shape index (κ2) is 5.63. The molecule has 0 amide bonds. The fourth-order valence-electron chi connectivity index (χ4n) is 1.28. The van der Waals surface area contributed by atoms with Crippen molar-refractivity contribution in [2.24, 2.45) is 0 Å². The highest BCUT2D eigenvalue weighted by Crippen LogP contribution is 2.27. The van der Waals surface area contributed by atoms with Gasteiger partial charge in [0.15, 0.2) is 6.61 Å². The molecule has 1 aromatic heterocycles. The molecule has 1 rings (SSSR count). The lowest BCUT2D eigenvalue weighted by atomic mass is 10.0. The van der Waals surface area contributed by atoms with Crippen LogP contribution in [0.4, 0.5) is 14.5 Å². The second-order valence-corrected chi connectivity index (χ2v) is 3.73. The Morgan fingerprint density at radius 1 is 1.44 bits per heavy atom. The summed E-state index contributed by atoms with van der Waals surface area (Å²) in [5, 5.41) is 2.95. The molecule has 16 heavy (non-hydrogen) atoms. The summed E-state index contributed by atoms with van der Waals surface area (Å²) in [5.74, 6) is 0.461. The molecule has 0 aliphatic heterocycles. The summed E-state index contributed by atoms with van der Waals surface area (Å²) in [7, 11) is 1.78. The van der Waals surface area contributed by atoms with E-state index in [0.717, 1.165) is 11.3 Å². The number of aromatic nitrogens is 1. The van der Waals surface area contributed by atoms with Crippen LogP contribution < -0.4 is 10.1 Å². The van der Waals surface area contributed by atoms with Crippen LogP contribution in [0.15, 0.2) is 12.3 Å². The fourth-order valence-corrected chi connectivity index (χ4v) is 1.28. The van der Waals surface area contributed by atoms with Gasteiger partial charge in [-0.1, -0.05) is 13.8 Å². The van der Waals surface area contributed by atoms with Crippen LogP contribution in [-0.4, -0.2) is 25.1 Å². The van der Waals surface area contributed by atoms with Crippen molar-refractivity contribution in [3.8, 4) is 5.88 Å². The van der Waals surface area contributed by atoms with Gasteiger partial charge >= 0.3 is 0 Å². The van der Waals surface area contributed by atoms with Crippen molar-refractivity contribution in [2.45, 2.75) is 26.2 Å². The molecule has 0 bridgehead atoms. The Kier molecular flexibility index (Phi) is 4.46. The van der Waals surface area contributed by atoms with E-state index in [9.17, 15) is 8.78 Å². The Balaban J connectivity index is 2.89. The molecular weight excluding hydrogens is 214 g/mol. The summed E-state index contributed by atoms with van der Waals surface area (Å²) >= 11 is 0. The van der Waals surface area contributed by atoms with E-state index in [2.05, 4.69) is 10.3 Å². The van der Waals surface area contributed by atoms with Crippen LogP contribution in [0.25, 0.3) is 0 Å². The molecule has 0 atom stereocenters. The SMILES string of the molecule is CNc1cnc(OCC(F)F)c(C(C)C)c1. The third-order valence-electron chi connectivity index (χ3n) is 2.14. The lowest BCUT2D eigenvalue weighted by molar-refractivity contribution is 0.0789. The van der Waals surface area contributed by atoms with Gasteiger partial charge in [0.1, 0.15) is 0 Å². The van der Waals surface area contributed by atoms with Crippen LogP contribution in [-0.2, 0) is 0 Å². The largest absolute Gasteiger partial charge is 0.471 e. The smallest absolute Gasteiger partial charge is 0.272 e. The average molecular weight is 230 g/mol. The first-order valence-corrected chi connectivity index (χ1v) is 5.13. The van der Waals surface area contributed by atoms with Crippen molar-refractivity contribution in [3.63, 3.8) is 0 Å². The molecule has 0 unspecified atom stereocenters. The number of nitrogens with zero attached hydrogens (tertiary/aromatic N) is 1. The molecule has 0 saturated carbocycles. The number of ether oxygens (including phenoxy) is 1. The number of hydrogen-bond acceptors (Lipinski definition) is 3. The Labute approximate surface area is 93.8 Å². The Morgan fingerprint density at radius 2 is 2.12 bits per heavy atom. The maximum atomic E-state index is 12.0. The van der Waals surface area contributed by atoms with E-state index in [1.165, 1.54) is 0 Å². The topological polar surface area (TPSA) is 34.2 Å². The van der Waals surface area contributed by atoms with Crippen molar-refractivity contribution in [3.05, 3.63) is 17.8 Å². The van der Waals surface area contributed by atoms with Crippen LogP contribution in [0.3, 0.4) is 0 Å². The van der Waals surface area contributed by atoms with Gasteiger partial charge < -0.3 is 10.1 Å². The van der Waals surface area contributed by atoms with Crippen LogP contribution in [0.5, 0.6) is 5.88 Å². The molecule has 0 radical (unpaired) electrons. The molecule has 0 saturated heterocycles. The number of hydrogen-bond donors (Lipinski definition) is 1. The first-order valence-electron chi connectivity index (χ1n) is 5.13. The van der Waals surface area contributed by atoms with E-state index < -0.39 is 13.0 Å². The van der Waals surface area contributed by atoms with Crippen molar-refractivity contribution < 1.29 is 13.5 Å². The minimum atomic E-state index is -2.48. The van der Waals surface area contributed by atoms with Gasteiger partial charge in [-0.15, -0.1) is 0 Å². The quantitative estimate of drug-likeness (QED) is 0.844. The number of anilines is 1. The second-order valence-electron chi connectivity index (χ2n) is 3.73. The van der Waals surface area contributed by atoms with E-state index in [4.69, 9.17) is 4.74 Å². The van der Waals surface area contributed by atoms with Gasteiger partial charge in [-0.25, -0.2) is 13.8 Å². The molecule has 0 aliphatic rings. The predicted octanol–water partition coefficient (Wildman–Crippen LogP) is 2.89. The van der Waals surface area contributed by atoms with Crippen molar-refractivity contribution in [1.29, 1.82) is 0 Å². The molecule has 0 aromatic carbocycles. The van der Waals surface area contributed by atoms with Gasteiger partial charge in [0.2, 0.25) is 5.88 Å². The summed E-state index contributed by atoms with van der Waals surface area (Å²) in [4.78, 5) is 4.02. The fraction of sp³-hybridized carbons (Fsp3) is 0.545. The Bertz CT molecular complexity index is 343. The monoisotopic (exact) mass is 230 g/mol. The van der Waals surface area contributed by atoms with Crippen LogP contribution in [0.1, 0.15) is 25.3 Å². The number of rotatable bonds is 5. The van der Waals surface area contributed by atoms with Crippen LogP contribution in [0.2, 0.25) is 0 Å². The number of alkyl halides is 2. The number of halogens is 2. The third kappa shape index (κ3) is 3.32. The zero-order valence-electron chi connectivity index (χ0n) is 9.63. The van der Waals surface area contributed by atoms with E-state index in [-0.39, 0.29) is 11.8 Å². The first-order chi connectivity index (χ1) is 7.54. The highest BCUT2D eigenvalue weighted by Gasteiger charge is 2.12. The maximum absolute atomic E-state index is 12.0. The van der Waals surface area contributed by atoms with E-state index >= 15 is 0 Å². The predicted molar refractivity (Wildman–Crippen MR) is 59.4 cm³/mol. The molecule has 1 N–H and O–H groups in total. The van der Waals surface area contributed by atoms with Crippen molar-refractivity contribution >= 4 is 5.69 Å². The molecule has 1 heterocycles. The molecule has 0 fully saturated rings. The van der Waals surface area contributed by atoms with E-state index in [0.29, 0.717) is 0 Å². The Morgan fingerprint density at radius 3 is 2.62 bits per heavy atom. The van der Waals surface area contributed by atoms with E-state index in [1.54, 1.807) is 13.2 Å². The lowest BCUT2D eigenvalue weighted by Crippen LogP contribution is -2.10. The third-order valence-corrected chi connectivity index (χ3v) is 2.14. The van der Waals surface area contributed by atoms with Crippen molar-refractivity contribution in [1.82, 2.24) is 4.98 Å². The van der Waals surface area contributed by atoms with Gasteiger partial charge in [0, 0.05) is 12.6 Å². The summed E-state index contributed by atoms with van der Waals surface area (Å²) in [6, 6.07) is 1.86. The number of nitrogens with one attached hydrogen (secondary N) is 1. The molecule has 3 nitrogen and oxygen atoms in total. The van der Waals surface area contributed by atoms with Crippen LogP contribution in [0, 0.1) is 0 Å². The molecule has 5 heteroatoms. The maximum Gasteiger partial charge on any atom is 0.272 e. The first kappa shape index (κ1) is 12.7. The van der Waals surface area contributed by atoms with Gasteiger partial charge in [-0.3, -0.25) is 0 Å². The minimum Gasteiger partial charge on any atom is -0.471 e. The van der Waals surface area contributed by atoms with Gasteiger partial charge in [0.05, 0.1) is 11.9 Å². The average Bonchev–Trinajstić information content (AvgIpc) is 2.25. The van der Waals surface area contributed by atoms with Gasteiger partial charge in [0.25, 0.3) is 6.43 Å².